The number of nitrogens with zero attached hydrogens (tertiary/aromatic N) is 2. The van der Waals surface area contributed by atoms with E-state index in [-0.39, 0.29) is 24.0 Å². The standard InChI is InChI=1S/C17H33N3O3.HI/c1-3-21-12-15-5-8-20(11-15)17(18-2)19-7-4-9-22-13-16-6-10-23-14-16;/h15-16H,3-14H2,1-2H3,(H,18,19);1H. The van der Waals surface area contributed by atoms with Crippen LogP contribution in [0.25, 0.3) is 0 Å². The number of hydrogen-bond donors (Lipinski definition) is 1. The number of aliphatic imine (C=N–C) groups is 1. The molecular formula is C17H34IN3O3. The van der Waals surface area contributed by atoms with Gasteiger partial charge in [0.2, 0.25) is 0 Å². The molecule has 2 rings (SSSR count). The van der Waals surface area contributed by atoms with E-state index in [4.69, 9.17) is 14.2 Å². The molecule has 2 heterocycles. The highest BCUT2D eigenvalue weighted by atomic mass is 127. The lowest BCUT2D eigenvalue weighted by molar-refractivity contribution is 0.0887. The zero-order valence-electron chi connectivity index (χ0n) is 15.2. The molecule has 2 fully saturated rings. The Bertz CT molecular complexity index is 352. The molecule has 2 atom stereocenters. The second-order valence-electron chi connectivity index (χ2n) is 6.39. The number of nitrogens with one attached hydrogen (secondary N) is 1. The van der Waals surface area contributed by atoms with Crippen molar-refractivity contribution in [1.82, 2.24) is 10.2 Å². The molecule has 0 aromatic carbocycles. The Kier molecular flexibility index (Phi) is 12.0. The molecule has 2 aliphatic rings. The maximum atomic E-state index is 5.73. The minimum atomic E-state index is 0. The van der Waals surface area contributed by atoms with Crippen LogP contribution in [0.3, 0.4) is 0 Å². The number of likely N-dealkylation sites (tertiary alicyclic amines) is 1. The van der Waals surface area contributed by atoms with E-state index in [1.807, 2.05) is 7.05 Å². The molecule has 1 N–H and O–H groups in total. The Balaban J connectivity index is 0.00000288. The minimum Gasteiger partial charge on any atom is -0.381 e. The average molecular weight is 455 g/mol. The number of halogens is 1. The SMILES string of the molecule is CCOCC1CCN(C(=NC)NCCCOCC2CCOC2)C1.I. The van der Waals surface area contributed by atoms with Gasteiger partial charge in [0.25, 0.3) is 0 Å². The van der Waals surface area contributed by atoms with Crippen LogP contribution in [-0.4, -0.2) is 77.2 Å². The van der Waals surface area contributed by atoms with Crippen LogP contribution in [0.5, 0.6) is 0 Å². The van der Waals surface area contributed by atoms with Crippen molar-refractivity contribution in [1.29, 1.82) is 0 Å². The summed E-state index contributed by atoms with van der Waals surface area (Å²) < 4.78 is 16.6. The first kappa shape index (κ1) is 21.9. The molecule has 0 radical (unpaired) electrons. The van der Waals surface area contributed by atoms with Crippen molar-refractivity contribution in [3.8, 4) is 0 Å². The van der Waals surface area contributed by atoms with E-state index in [9.17, 15) is 0 Å². The van der Waals surface area contributed by atoms with Gasteiger partial charge in [-0.3, -0.25) is 4.99 Å². The average Bonchev–Trinajstić information content (AvgIpc) is 3.24. The van der Waals surface area contributed by atoms with Crippen molar-refractivity contribution in [3.05, 3.63) is 0 Å². The summed E-state index contributed by atoms with van der Waals surface area (Å²) in [5, 5.41) is 3.45. The molecule has 0 amide bonds. The van der Waals surface area contributed by atoms with Gasteiger partial charge in [0.05, 0.1) is 19.8 Å². The first-order chi connectivity index (χ1) is 11.3. The first-order valence-electron chi connectivity index (χ1n) is 9.02. The number of guanidine groups is 1. The molecule has 7 heteroatoms. The quantitative estimate of drug-likeness (QED) is 0.250. The molecule has 0 aromatic heterocycles. The summed E-state index contributed by atoms with van der Waals surface area (Å²) in [4.78, 5) is 6.73. The molecule has 142 valence electrons. The number of rotatable bonds is 9. The summed E-state index contributed by atoms with van der Waals surface area (Å²) in [6.45, 7) is 10.1. The van der Waals surface area contributed by atoms with Gasteiger partial charge in [0.1, 0.15) is 0 Å². The number of ether oxygens (including phenoxy) is 3. The summed E-state index contributed by atoms with van der Waals surface area (Å²) >= 11 is 0. The highest BCUT2D eigenvalue weighted by molar-refractivity contribution is 14.0. The van der Waals surface area contributed by atoms with Crippen LogP contribution in [0.2, 0.25) is 0 Å². The van der Waals surface area contributed by atoms with E-state index in [2.05, 4.69) is 22.1 Å². The fourth-order valence-electron chi connectivity index (χ4n) is 3.12. The highest BCUT2D eigenvalue weighted by Gasteiger charge is 2.24. The Hall–Kier alpha value is -0.120. The van der Waals surface area contributed by atoms with Crippen LogP contribution in [0.1, 0.15) is 26.2 Å². The minimum absolute atomic E-state index is 0. The normalized spacial score (nSPS) is 24.2. The third-order valence-corrected chi connectivity index (χ3v) is 4.48. The van der Waals surface area contributed by atoms with Gasteiger partial charge in [0, 0.05) is 58.3 Å². The molecule has 2 aliphatic heterocycles. The van der Waals surface area contributed by atoms with Gasteiger partial charge in [-0.1, -0.05) is 0 Å². The largest absolute Gasteiger partial charge is 0.381 e. The van der Waals surface area contributed by atoms with Crippen LogP contribution >= 0.6 is 24.0 Å². The van der Waals surface area contributed by atoms with Gasteiger partial charge in [-0.25, -0.2) is 0 Å². The summed E-state index contributed by atoms with van der Waals surface area (Å²) in [6, 6.07) is 0. The van der Waals surface area contributed by atoms with Crippen molar-refractivity contribution in [2.75, 3.05) is 66.3 Å². The van der Waals surface area contributed by atoms with Crippen molar-refractivity contribution in [2.24, 2.45) is 16.8 Å². The fraction of sp³-hybridized carbons (Fsp3) is 0.941. The summed E-state index contributed by atoms with van der Waals surface area (Å²) in [7, 11) is 1.86. The van der Waals surface area contributed by atoms with E-state index in [1.54, 1.807) is 0 Å². The van der Waals surface area contributed by atoms with Crippen LogP contribution in [0.15, 0.2) is 4.99 Å². The number of hydrogen-bond acceptors (Lipinski definition) is 4. The third-order valence-electron chi connectivity index (χ3n) is 4.48. The van der Waals surface area contributed by atoms with Crippen LogP contribution in [0, 0.1) is 11.8 Å². The zero-order chi connectivity index (χ0) is 16.3. The van der Waals surface area contributed by atoms with E-state index >= 15 is 0 Å². The molecule has 2 saturated heterocycles. The molecule has 24 heavy (non-hydrogen) atoms. The van der Waals surface area contributed by atoms with E-state index in [0.29, 0.717) is 11.8 Å². The van der Waals surface area contributed by atoms with E-state index < -0.39 is 0 Å². The van der Waals surface area contributed by atoms with Crippen LogP contribution in [-0.2, 0) is 14.2 Å². The topological polar surface area (TPSA) is 55.3 Å². The molecule has 0 aromatic rings. The van der Waals surface area contributed by atoms with Crippen LogP contribution in [0.4, 0.5) is 0 Å². The summed E-state index contributed by atoms with van der Waals surface area (Å²) in [5.41, 5.74) is 0. The lowest BCUT2D eigenvalue weighted by Gasteiger charge is -2.21. The van der Waals surface area contributed by atoms with Gasteiger partial charge < -0.3 is 24.4 Å². The van der Waals surface area contributed by atoms with Gasteiger partial charge in [-0.15, -0.1) is 24.0 Å². The Morgan fingerprint density at radius 2 is 2.08 bits per heavy atom. The van der Waals surface area contributed by atoms with Crippen molar-refractivity contribution in [2.45, 2.75) is 26.2 Å². The zero-order valence-corrected chi connectivity index (χ0v) is 17.5. The second kappa shape index (κ2) is 13.1. The molecule has 2 unspecified atom stereocenters. The predicted molar refractivity (Wildman–Crippen MR) is 107 cm³/mol. The first-order valence-corrected chi connectivity index (χ1v) is 9.02. The molecule has 0 aliphatic carbocycles. The summed E-state index contributed by atoms with van der Waals surface area (Å²) in [6.07, 6.45) is 3.33. The maximum absolute atomic E-state index is 5.73. The monoisotopic (exact) mass is 455 g/mol. The van der Waals surface area contributed by atoms with Gasteiger partial charge in [-0.2, -0.15) is 0 Å². The van der Waals surface area contributed by atoms with Gasteiger partial charge >= 0.3 is 0 Å². The highest BCUT2D eigenvalue weighted by Crippen LogP contribution is 2.16. The van der Waals surface area contributed by atoms with E-state index in [0.717, 1.165) is 78.1 Å². The fourth-order valence-corrected chi connectivity index (χ4v) is 3.12. The smallest absolute Gasteiger partial charge is 0.193 e. The third kappa shape index (κ3) is 7.84. The van der Waals surface area contributed by atoms with Gasteiger partial charge in [-0.05, 0) is 26.2 Å². The Labute approximate surface area is 163 Å². The van der Waals surface area contributed by atoms with Gasteiger partial charge in [0.15, 0.2) is 5.96 Å². The second-order valence-corrected chi connectivity index (χ2v) is 6.39. The summed E-state index contributed by atoms with van der Waals surface area (Å²) in [5.74, 6) is 2.24. The lowest BCUT2D eigenvalue weighted by atomic mass is 10.1. The van der Waals surface area contributed by atoms with Crippen molar-refractivity contribution < 1.29 is 14.2 Å². The Morgan fingerprint density at radius 1 is 1.25 bits per heavy atom. The molecule has 6 nitrogen and oxygen atoms in total. The Morgan fingerprint density at radius 3 is 2.79 bits per heavy atom. The molecule has 0 bridgehead atoms. The molecule has 0 saturated carbocycles. The molecular weight excluding hydrogens is 421 g/mol. The van der Waals surface area contributed by atoms with Crippen molar-refractivity contribution in [3.63, 3.8) is 0 Å². The lowest BCUT2D eigenvalue weighted by Crippen LogP contribution is -2.40. The van der Waals surface area contributed by atoms with Crippen LogP contribution < -0.4 is 5.32 Å². The predicted octanol–water partition coefficient (Wildman–Crippen LogP) is 1.98. The van der Waals surface area contributed by atoms with E-state index in [1.165, 1.54) is 6.42 Å². The van der Waals surface area contributed by atoms with Crippen molar-refractivity contribution >= 4 is 29.9 Å². The molecule has 0 spiro atoms. The maximum Gasteiger partial charge on any atom is 0.193 e.